The Bertz CT molecular complexity index is 665. The molecule has 0 saturated carbocycles. The van der Waals surface area contributed by atoms with Crippen molar-refractivity contribution in [3.05, 3.63) is 36.9 Å². The Morgan fingerprint density at radius 2 is 2.20 bits per heavy atom. The molecule has 1 aromatic heterocycles. The molecule has 20 heavy (non-hydrogen) atoms. The SMILES string of the molecule is C=CCn1c(SCC(=O)NC(N)=O)nc2ccccc21. The van der Waals surface area contributed by atoms with Crippen molar-refractivity contribution in [2.75, 3.05) is 5.75 Å². The molecule has 1 heterocycles. The topological polar surface area (TPSA) is 90.0 Å². The predicted molar refractivity (Wildman–Crippen MR) is 78.4 cm³/mol. The summed E-state index contributed by atoms with van der Waals surface area (Å²) in [6, 6.07) is 6.84. The lowest BCUT2D eigenvalue weighted by Gasteiger charge is -2.05. The average molecular weight is 290 g/mol. The van der Waals surface area contributed by atoms with Crippen molar-refractivity contribution in [2.45, 2.75) is 11.7 Å². The van der Waals surface area contributed by atoms with Crippen LogP contribution in [-0.2, 0) is 11.3 Å². The lowest BCUT2D eigenvalue weighted by molar-refractivity contribution is -0.117. The summed E-state index contributed by atoms with van der Waals surface area (Å²) in [6.45, 7) is 4.32. The van der Waals surface area contributed by atoms with Crippen molar-refractivity contribution in [3.8, 4) is 0 Å². The smallest absolute Gasteiger partial charge is 0.318 e. The number of hydrogen-bond acceptors (Lipinski definition) is 4. The summed E-state index contributed by atoms with van der Waals surface area (Å²) < 4.78 is 1.96. The van der Waals surface area contributed by atoms with Gasteiger partial charge in [-0.25, -0.2) is 9.78 Å². The molecule has 104 valence electrons. The van der Waals surface area contributed by atoms with Crippen LogP contribution in [0.25, 0.3) is 11.0 Å². The summed E-state index contributed by atoms with van der Waals surface area (Å²) in [5.74, 6) is -0.372. The van der Waals surface area contributed by atoms with Crippen LogP contribution in [0.3, 0.4) is 0 Å². The molecule has 0 atom stereocenters. The van der Waals surface area contributed by atoms with Crippen LogP contribution in [0.1, 0.15) is 0 Å². The first-order chi connectivity index (χ1) is 9.61. The number of hydrogen-bond donors (Lipinski definition) is 2. The lowest BCUT2D eigenvalue weighted by Crippen LogP contribution is -2.36. The maximum absolute atomic E-state index is 11.4. The molecule has 0 aliphatic rings. The normalized spacial score (nSPS) is 10.4. The number of nitrogens with one attached hydrogen (secondary N) is 1. The monoisotopic (exact) mass is 290 g/mol. The van der Waals surface area contributed by atoms with Crippen LogP contribution in [-0.4, -0.2) is 27.2 Å². The summed E-state index contributed by atoms with van der Waals surface area (Å²) in [5.41, 5.74) is 6.72. The number of nitrogens with two attached hydrogens (primary N) is 1. The Balaban J connectivity index is 2.20. The van der Waals surface area contributed by atoms with Crippen molar-refractivity contribution in [3.63, 3.8) is 0 Å². The van der Waals surface area contributed by atoms with Crippen LogP contribution in [0.2, 0.25) is 0 Å². The molecule has 2 rings (SSSR count). The van der Waals surface area contributed by atoms with Gasteiger partial charge >= 0.3 is 6.03 Å². The number of benzene rings is 1. The zero-order valence-corrected chi connectivity index (χ0v) is 11.5. The van der Waals surface area contributed by atoms with Crippen LogP contribution in [0, 0.1) is 0 Å². The third-order valence-electron chi connectivity index (χ3n) is 2.53. The van der Waals surface area contributed by atoms with E-state index < -0.39 is 11.9 Å². The predicted octanol–water partition coefficient (Wildman–Crippen LogP) is 1.51. The van der Waals surface area contributed by atoms with Gasteiger partial charge in [-0.2, -0.15) is 0 Å². The quantitative estimate of drug-likeness (QED) is 0.645. The molecule has 0 radical (unpaired) electrons. The van der Waals surface area contributed by atoms with E-state index in [0.29, 0.717) is 11.7 Å². The van der Waals surface area contributed by atoms with E-state index in [-0.39, 0.29) is 5.75 Å². The Labute approximate surface area is 120 Å². The molecule has 0 fully saturated rings. The fraction of sp³-hybridized carbons (Fsp3) is 0.154. The molecule has 1 aromatic carbocycles. The number of carbonyl (C=O) groups excluding carboxylic acids is 2. The van der Waals surface area contributed by atoms with Gasteiger partial charge in [0.1, 0.15) is 0 Å². The second-order valence-electron chi connectivity index (χ2n) is 3.98. The summed E-state index contributed by atoms with van der Waals surface area (Å²) in [4.78, 5) is 26.5. The van der Waals surface area contributed by atoms with E-state index in [2.05, 4.69) is 11.6 Å². The fourth-order valence-electron chi connectivity index (χ4n) is 1.77. The van der Waals surface area contributed by atoms with Gasteiger partial charge in [-0.3, -0.25) is 10.1 Å². The minimum absolute atomic E-state index is 0.0728. The third-order valence-corrected chi connectivity index (χ3v) is 3.50. The molecule has 7 heteroatoms. The highest BCUT2D eigenvalue weighted by Gasteiger charge is 2.12. The second-order valence-corrected chi connectivity index (χ2v) is 4.93. The number of fused-ring (bicyclic) bond motifs is 1. The van der Waals surface area contributed by atoms with E-state index in [1.54, 1.807) is 6.08 Å². The summed E-state index contributed by atoms with van der Waals surface area (Å²) >= 11 is 1.25. The molecular formula is C13H14N4O2S. The number of primary amides is 1. The maximum Gasteiger partial charge on any atom is 0.318 e. The molecule has 6 nitrogen and oxygen atoms in total. The van der Waals surface area contributed by atoms with Gasteiger partial charge in [-0.05, 0) is 12.1 Å². The number of para-hydroxylation sites is 2. The third kappa shape index (κ3) is 3.18. The molecule has 0 aliphatic heterocycles. The second kappa shape index (κ2) is 6.25. The molecule has 3 amide bonds. The highest BCUT2D eigenvalue weighted by Crippen LogP contribution is 2.23. The molecule has 0 saturated heterocycles. The van der Waals surface area contributed by atoms with Crippen LogP contribution in [0.5, 0.6) is 0 Å². The standard InChI is InChI=1S/C13H14N4O2S/c1-2-7-17-10-6-4-3-5-9(10)15-13(17)20-8-11(18)16-12(14)19/h2-6H,1,7-8H2,(H3,14,16,18,19). The zero-order valence-electron chi connectivity index (χ0n) is 10.7. The minimum atomic E-state index is -0.852. The number of nitrogens with zero attached hydrogens (tertiary/aromatic N) is 2. The highest BCUT2D eigenvalue weighted by molar-refractivity contribution is 7.99. The first kappa shape index (κ1) is 14.1. The van der Waals surface area contributed by atoms with E-state index in [0.717, 1.165) is 11.0 Å². The van der Waals surface area contributed by atoms with E-state index in [4.69, 9.17) is 5.73 Å². The van der Waals surface area contributed by atoms with Crippen LogP contribution >= 0.6 is 11.8 Å². The number of imide groups is 1. The summed E-state index contributed by atoms with van der Waals surface area (Å²) in [5, 5.41) is 2.72. The van der Waals surface area contributed by atoms with Crippen LogP contribution in [0.4, 0.5) is 4.79 Å². The van der Waals surface area contributed by atoms with Crippen LogP contribution < -0.4 is 11.1 Å². The van der Waals surface area contributed by atoms with Gasteiger partial charge in [-0.1, -0.05) is 30.0 Å². The van der Waals surface area contributed by atoms with Crippen molar-refractivity contribution in [2.24, 2.45) is 5.73 Å². The summed E-state index contributed by atoms with van der Waals surface area (Å²) in [6.07, 6.45) is 1.77. The van der Waals surface area contributed by atoms with Crippen LogP contribution in [0.15, 0.2) is 42.1 Å². The molecule has 3 N–H and O–H groups in total. The van der Waals surface area contributed by atoms with E-state index in [1.807, 2.05) is 34.1 Å². The van der Waals surface area contributed by atoms with Gasteiger partial charge in [0, 0.05) is 6.54 Å². The number of rotatable bonds is 5. The van der Waals surface area contributed by atoms with Gasteiger partial charge in [0.05, 0.1) is 16.8 Å². The van der Waals surface area contributed by atoms with Crippen molar-refractivity contribution >= 4 is 34.7 Å². The fourth-order valence-corrected chi connectivity index (χ4v) is 2.60. The molecule has 2 aromatic rings. The van der Waals surface area contributed by atoms with Gasteiger partial charge in [0.15, 0.2) is 5.16 Å². The Kier molecular flexibility index (Phi) is 4.41. The lowest BCUT2D eigenvalue weighted by atomic mass is 10.3. The Morgan fingerprint density at radius 3 is 2.90 bits per heavy atom. The number of amides is 3. The molecule has 0 bridgehead atoms. The van der Waals surface area contributed by atoms with Crippen molar-refractivity contribution < 1.29 is 9.59 Å². The summed E-state index contributed by atoms with van der Waals surface area (Å²) in [7, 11) is 0. The van der Waals surface area contributed by atoms with E-state index in [9.17, 15) is 9.59 Å². The number of thioether (sulfide) groups is 1. The first-order valence-electron chi connectivity index (χ1n) is 5.90. The molecule has 0 aliphatic carbocycles. The van der Waals surface area contributed by atoms with E-state index >= 15 is 0 Å². The number of allylic oxidation sites excluding steroid dienone is 1. The zero-order chi connectivity index (χ0) is 14.5. The largest absolute Gasteiger partial charge is 0.351 e. The molecule has 0 spiro atoms. The van der Waals surface area contributed by atoms with Crippen molar-refractivity contribution in [1.82, 2.24) is 14.9 Å². The number of carbonyl (C=O) groups is 2. The number of urea groups is 1. The average Bonchev–Trinajstić information content (AvgIpc) is 2.75. The Morgan fingerprint density at radius 1 is 1.45 bits per heavy atom. The molecular weight excluding hydrogens is 276 g/mol. The Hall–Kier alpha value is -2.28. The van der Waals surface area contributed by atoms with Gasteiger partial charge in [-0.15, -0.1) is 6.58 Å². The van der Waals surface area contributed by atoms with Gasteiger partial charge in [0.2, 0.25) is 5.91 Å². The van der Waals surface area contributed by atoms with Gasteiger partial charge in [0.25, 0.3) is 0 Å². The highest BCUT2D eigenvalue weighted by atomic mass is 32.2. The first-order valence-corrected chi connectivity index (χ1v) is 6.88. The van der Waals surface area contributed by atoms with Crippen molar-refractivity contribution in [1.29, 1.82) is 0 Å². The van der Waals surface area contributed by atoms with Gasteiger partial charge < -0.3 is 10.3 Å². The maximum atomic E-state index is 11.4. The molecule has 0 unspecified atom stereocenters. The van der Waals surface area contributed by atoms with E-state index in [1.165, 1.54) is 11.8 Å². The number of imidazole rings is 1. The number of aromatic nitrogens is 2. The minimum Gasteiger partial charge on any atom is -0.351 e.